The van der Waals surface area contributed by atoms with E-state index >= 15 is 0 Å². The predicted octanol–water partition coefficient (Wildman–Crippen LogP) is 4.86. The largest absolute Gasteiger partial charge is 0.454 e. The van der Waals surface area contributed by atoms with Crippen molar-refractivity contribution in [3.05, 3.63) is 52.0 Å². The minimum Gasteiger partial charge on any atom is -0.454 e. The molecule has 4 heteroatoms. The fourth-order valence-electron chi connectivity index (χ4n) is 2.60. The summed E-state index contributed by atoms with van der Waals surface area (Å²) < 4.78 is 10.7. The van der Waals surface area contributed by atoms with Gasteiger partial charge in [-0.05, 0) is 26.3 Å². The summed E-state index contributed by atoms with van der Waals surface area (Å²) in [6.07, 6.45) is 0. The Morgan fingerprint density at radius 2 is 1.62 bits per heavy atom. The molecule has 1 N–H and O–H groups in total. The molecule has 2 aromatic carbocycles. The van der Waals surface area contributed by atoms with Crippen LogP contribution in [0.1, 0.15) is 29.7 Å². The maximum Gasteiger partial charge on any atom is 0.231 e. The van der Waals surface area contributed by atoms with Crippen molar-refractivity contribution in [1.82, 2.24) is 0 Å². The fraction of sp³-hybridized carbons (Fsp3) is 0.294. The summed E-state index contributed by atoms with van der Waals surface area (Å²) in [7, 11) is 0. The summed E-state index contributed by atoms with van der Waals surface area (Å²) in [5.74, 6) is 1.43. The van der Waals surface area contributed by atoms with Crippen LogP contribution in [0.5, 0.6) is 11.5 Å². The molecule has 0 amide bonds. The first-order valence-electron chi connectivity index (χ1n) is 6.97. The molecule has 0 aliphatic carbocycles. The number of aryl methyl sites for hydroxylation is 2. The highest BCUT2D eigenvalue weighted by molar-refractivity contribution is 6.33. The molecule has 0 aromatic heterocycles. The van der Waals surface area contributed by atoms with Crippen molar-refractivity contribution in [3.8, 4) is 11.5 Å². The molecule has 0 bridgehead atoms. The molecule has 1 heterocycles. The van der Waals surface area contributed by atoms with Gasteiger partial charge in [-0.2, -0.15) is 0 Å². The summed E-state index contributed by atoms with van der Waals surface area (Å²) in [5, 5.41) is 4.08. The molecule has 3 nitrogen and oxygen atoms in total. The highest BCUT2D eigenvalue weighted by Gasteiger charge is 2.17. The lowest BCUT2D eigenvalue weighted by molar-refractivity contribution is 0.174. The molecule has 3 rings (SSSR count). The zero-order chi connectivity index (χ0) is 15.0. The van der Waals surface area contributed by atoms with E-state index in [1.807, 2.05) is 6.07 Å². The number of hydrogen-bond donors (Lipinski definition) is 1. The Kier molecular flexibility index (Phi) is 3.68. The molecule has 0 spiro atoms. The Morgan fingerprint density at radius 1 is 1.00 bits per heavy atom. The molecule has 1 aliphatic heterocycles. The van der Waals surface area contributed by atoms with Gasteiger partial charge in [0.05, 0.1) is 10.7 Å². The van der Waals surface area contributed by atoms with Crippen LogP contribution in [0, 0.1) is 13.8 Å². The van der Waals surface area contributed by atoms with Gasteiger partial charge in [-0.15, -0.1) is 0 Å². The predicted molar refractivity (Wildman–Crippen MR) is 85.5 cm³/mol. The molecule has 110 valence electrons. The van der Waals surface area contributed by atoms with Crippen LogP contribution in [0.15, 0.2) is 30.3 Å². The zero-order valence-corrected chi connectivity index (χ0v) is 13.1. The van der Waals surface area contributed by atoms with Crippen molar-refractivity contribution in [1.29, 1.82) is 0 Å². The second-order valence-corrected chi connectivity index (χ2v) is 5.88. The van der Waals surface area contributed by atoms with Crippen molar-refractivity contribution < 1.29 is 9.47 Å². The third kappa shape index (κ3) is 2.93. The van der Waals surface area contributed by atoms with Gasteiger partial charge in [0.1, 0.15) is 0 Å². The number of halogens is 1. The number of rotatable bonds is 3. The van der Waals surface area contributed by atoms with Gasteiger partial charge in [-0.25, -0.2) is 0 Å². The van der Waals surface area contributed by atoms with E-state index in [9.17, 15) is 0 Å². The number of anilines is 1. The maximum absolute atomic E-state index is 6.30. The molecule has 1 unspecified atom stereocenters. The summed E-state index contributed by atoms with van der Waals surface area (Å²) in [4.78, 5) is 0. The average Bonchev–Trinajstić information content (AvgIpc) is 2.85. The van der Waals surface area contributed by atoms with E-state index in [4.69, 9.17) is 21.1 Å². The fourth-order valence-corrected chi connectivity index (χ4v) is 2.81. The van der Waals surface area contributed by atoms with Gasteiger partial charge in [0.15, 0.2) is 11.5 Å². The molecule has 1 atom stereocenters. The van der Waals surface area contributed by atoms with Gasteiger partial charge < -0.3 is 14.8 Å². The van der Waals surface area contributed by atoms with Gasteiger partial charge in [0.25, 0.3) is 0 Å². The van der Waals surface area contributed by atoms with Gasteiger partial charge in [0, 0.05) is 18.2 Å². The second kappa shape index (κ2) is 5.49. The Labute approximate surface area is 129 Å². The summed E-state index contributed by atoms with van der Waals surface area (Å²) >= 11 is 6.30. The lowest BCUT2D eigenvalue weighted by atomic mass is 10.0. The molecule has 0 saturated heterocycles. The van der Waals surface area contributed by atoms with Crippen molar-refractivity contribution in [2.75, 3.05) is 12.1 Å². The second-order valence-electron chi connectivity index (χ2n) is 5.47. The van der Waals surface area contributed by atoms with Crippen molar-refractivity contribution >= 4 is 17.3 Å². The minimum atomic E-state index is 0.154. The summed E-state index contributed by atoms with van der Waals surface area (Å²) in [6, 6.07) is 10.4. The Balaban J connectivity index is 1.86. The van der Waals surface area contributed by atoms with E-state index in [2.05, 4.69) is 44.3 Å². The lowest BCUT2D eigenvalue weighted by Crippen LogP contribution is -2.07. The molecule has 1 aliphatic rings. The highest BCUT2D eigenvalue weighted by atomic mass is 35.5. The van der Waals surface area contributed by atoms with Crippen LogP contribution in [-0.2, 0) is 0 Å². The number of hydrogen-bond acceptors (Lipinski definition) is 3. The Bertz CT molecular complexity index is 664. The standard InChI is InChI=1S/C17H18ClNO2/c1-10-4-11(2)6-13(5-10)12(3)19-15-8-17-16(7-14(15)18)20-9-21-17/h4-8,12,19H,9H2,1-3H3. The van der Waals surface area contributed by atoms with Crippen LogP contribution in [0.2, 0.25) is 5.02 Å². The normalized spacial score (nSPS) is 14.1. The Hall–Kier alpha value is -1.87. The first-order chi connectivity index (χ1) is 10.0. The van der Waals surface area contributed by atoms with Crippen LogP contribution >= 0.6 is 11.6 Å². The summed E-state index contributed by atoms with van der Waals surface area (Å²) in [6.45, 7) is 6.59. The molecule has 0 fully saturated rings. The van der Waals surface area contributed by atoms with Crippen LogP contribution in [0.25, 0.3) is 0 Å². The van der Waals surface area contributed by atoms with Crippen molar-refractivity contribution in [2.45, 2.75) is 26.8 Å². The quantitative estimate of drug-likeness (QED) is 0.878. The molecule has 0 saturated carbocycles. The molecule has 2 aromatic rings. The molecule has 21 heavy (non-hydrogen) atoms. The first kappa shape index (κ1) is 14.1. The van der Waals surface area contributed by atoms with Crippen LogP contribution in [-0.4, -0.2) is 6.79 Å². The van der Waals surface area contributed by atoms with E-state index in [0.29, 0.717) is 10.8 Å². The maximum atomic E-state index is 6.30. The third-order valence-electron chi connectivity index (χ3n) is 3.58. The number of ether oxygens (including phenoxy) is 2. The minimum absolute atomic E-state index is 0.154. The average molecular weight is 304 g/mol. The molecular formula is C17H18ClNO2. The molecular weight excluding hydrogens is 286 g/mol. The monoisotopic (exact) mass is 303 g/mol. The van der Waals surface area contributed by atoms with Gasteiger partial charge in [-0.1, -0.05) is 40.9 Å². The lowest BCUT2D eigenvalue weighted by Gasteiger charge is -2.18. The van der Waals surface area contributed by atoms with E-state index in [1.54, 1.807) is 6.07 Å². The molecule has 0 radical (unpaired) electrons. The van der Waals surface area contributed by atoms with E-state index in [1.165, 1.54) is 16.7 Å². The van der Waals surface area contributed by atoms with E-state index < -0.39 is 0 Å². The van der Waals surface area contributed by atoms with Crippen LogP contribution < -0.4 is 14.8 Å². The Morgan fingerprint density at radius 3 is 2.29 bits per heavy atom. The van der Waals surface area contributed by atoms with Crippen LogP contribution in [0.3, 0.4) is 0 Å². The van der Waals surface area contributed by atoms with Gasteiger partial charge in [0.2, 0.25) is 6.79 Å². The van der Waals surface area contributed by atoms with Gasteiger partial charge >= 0.3 is 0 Å². The zero-order valence-electron chi connectivity index (χ0n) is 12.4. The smallest absolute Gasteiger partial charge is 0.231 e. The highest BCUT2D eigenvalue weighted by Crippen LogP contribution is 2.40. The number of benzene rings is 2. The topological polar surface area (TPSA) is 30.5 Å². The SMILES string of the molecule is Cc1cc(C)cc(C(C)Nc2cc3c(cc2Cl)OCO3)c1. The summed E-state index contributed by atoms with van der Waals surface area (Å²) in [5.41, 5.74) is 4.61. The van der Waals surface area contributed by atoms with E-state index in [-0.39, 0.29) is 12.8 Å². The third-order valence-corrected chi connectivity index (χ3v) is 3.89. The van der Waals surface area contributed by atoms with Gasteiger partial charge in [-0.3, -0.25) is 0 Å². The number of nitrogens with one attached hydrogen (secondary N) is 1. The van der Waals surface area contributed by atoms with E-state index in [0.717, 1.165) is 11.4 Å². The first-order valence-corrected chi connectivity index (χ1v) is 7.34. The van der Waals surface area contributed by atoms with Crippen molar-refractivity contribution in [3.63, 3.8) is 0 Å². The van der Waals surface area contributed by atoms with Crippen LogP contribution in [0.4, 0.5) is 5.69 Å². The number of fused-ring (bicyclic) bond motifs is 1. The van der Waals surface area contributed by atoms with Crippen molar-refractivity contribution in [2.24, 2.45) is 0 Å².